The summed E-state index contributed by atoms with van der Waals surface area (Å²) in [6.45, 7) is 23.2. The van der Waals surface area contributed by atoms with Crippen molar-refractivity contribution in [1.29, 1.82) is 0 Å². The molecule has 7 nitrogen and oxygen atoms in total. The fraction of sp³-hybridized carbons (Fsp3) is 0.636. The van der Waals surface area contributed by atoms with Crippen molar-refractivity contribution in [3.05, 3.63) is 47.1 Å². The van der Waals surface area contributed by atoms with Gasteiger partial charge >= 0.3 is 6.09 Å². The van der Waals surface area contributed by atoms with E-state index in [2.05, 4.69) is 71.0 Å². The summed E-state index contributed by atoms with van der Waals surface area (Å²) in [6, 6.07) is 3.70. The lowest BCUT2D eigenvalue weighted by atomic mass is 9.73. The zero-order valence-electron chi connectivity index (χ0n) is 26.6. The summed E-state index contributed by atoms with van der Waals surface area (Å²) in [5.74, 6) is -0.196. The van der Waals surface area contributed by atoms with Gasteiger partial charge in [-0.1, -0.05) is 64.3 Å². The highest BCUT2D eigenvalue weighted by Gasteiger charge is 2.48. The molecule has 0 aromatic heterocycles. The number of rotatable bonds is 11. The Morgan fingerprint density at radius 3 is 2.54 bits per heavy atom. The molecule has 41 heavy (non-hydrogen) atoms. The predicted octanol–water partition coefficient (Wildman–Crippen LogP) is 7.71. The number of β-lactam (4-membered cyclic amide) rings is 1. The van der Waals surface area contributed by atoms with Crippen molar-refractivity contribution in [3.8, 4) is 11.5 Å². The summed E-state index contributed by atoms with van der Waals surface area (Å²) in [4.78, 5) is 25.8. The molecule has 0 bridgehead atoms. The third-order valence-corrected chi connectivity index (χ3v) is 13.8. The second-order valence-corrected chi connectivity index (χ2v) is 18.4. The molecular formula is C33H52N2O5Si. The molecule has 0 spiro atoms. The quantitative estimate of drug-likeness (QED) is 0.107. The number of ether oxygens (including phenoxy) is 1. The molecule has 0 radical (unpaired) electrons. The van der Waals surface area contributed by atoms with Gasteiger partial charge in [-0.15, -0.1) is 0 Å². The number of amides is 2. The number of benzene rings is 1. The second-order valence-electron chi connectivity index (χ2n) is 13.6. The highest BCUT2D eigenvalue weighted by atomic mass is 28.4. The highest BCUT2D eigenvalue weighted by Crippen LogP contribution is 2.47. The number of allylic oxidation sites excluding steroid dienone is 3. The summed E-state index contributed by atoms with van der Waals surface area (Å²) in [5.41, 5.74) is 3.81. The lowest BCUT2D eigenvalue weighted by Crippen LogP contribution is -2.70. The van der Waals surface area contributed by atoms with Crippen molar-refractivity contribution in [1.82, 2.24) is 10.6 Å². The molecule has 5 atom stereocenters. The summed E-state index contributed by atoms with van der Waals surface area (Å²) < 4.78 is 12.4. The molecule has 1 heterocycles. The number of carbonyl (C=O) groups is 2. The average molecular weight is 585 g/mol. The molecule has 0 saturated carbocycles. The number of phenols is 1. The molecule has 1 aromatic rings. The van der Waals surface area contributed by atoms with Gasteiger partial charge in [0.2, 0.25) is 5.91 Å². The summed E-state index contributed by atoms with van der Waals surface area (Å²) >= 11 is 0. The van der Waals surface area contributed by atoms with Crippen LogP contribution >= 0.6 is 0 Å². The van der Waals surface area contributed by atoms with Crippen LogP contribution in [0, 0.1) is 11.8 Å². The van der Waals surface area contributed by atoms with Crippen molar-refractivity contribution in [3.63, 3.8) is 0 Å². The number of nitrogens with one attached hydrogen (secondary N) is 2. The predicted molar refractivity (Wildman–Crippen MR) is 168 cm³/mol. The van der Waals surface area contributed by atoms with Gasteiger partial charge in [0.25, 0.3) is 0 Å². The van der Waals surface area contributed by atoms with E-state index >= 15 is 0 Å². The smallest absolute Gasteiger partial charge is 0.414 e. The van der Waals surface area contributed by atoms with Crippen LogP contribution in [0.15, 0.2) is 35.9 Å². The van der Waals surface area contributed by atoms with Crippen LogP contribution < -0.4 is 15.4 Å². The normalized spacial score (nSPS) is 23.6. The highest BCUT2D eigenvalue weighted by molar-refractivity contribution is 6.74. The fourth-order valence-corrected chi connectivity index (χ4v) is 7.12. The van der Waals surface area contributed by atoms with Crippen LogP contribution in [0.3, 0.4) is 0 Å². The van der Waals surface area contributed by atoms with Gasteiger partial charge in [0.15, 0.2) is 8.32 Å². The number of hydrogen-bond donors (Lipinski definition) is 3. The van der Waals surface area contributed by atoms with Gasteiger partial charge in [0.1, 0.15) is 23.6 Å². The van der Waals surface area contributed by atoms with Gasteiger partial charge in [0.05, 0.1) is 6.10 Å². The Morgan fingerprint density at radius 2 is 1.95 bits per heavy atom. The Morgan fingerprint density at radius 1 is 1.27 bits per heavy atom. The molecule has 3 N–H and O–H groups in total. The van der Waals surface area contributed by atoms with E-state index in [1.54, 1.807) is 0 Å². The molecule has 2 amide bonds. The van der Waals surface area contributed by atoms with E-state index in [4.69, 9.17) is 9.16 Å². The summed E-state index contributed by atoms with van der Waals surface area (Å²) in [7, 11) is -2.11. The van der Waals surface area contributed by atoms with Crippen molar-refractivity contribution in [2.75, 3.05) is 0 Å². The maximum absolute atomic E-state index is 13.3. The zero-order valence-corrected chi connectivity index (χ0v) is 27.6. The molecule has 1 saturated heterocycles. The van der Waals surface area contributed by atoms with Crippen molar-refractivity contribution in [2.24, 2.45) is 11.8 Å². The minimum absolute atomic E-state index is 0.00252. The van der Waals surface area contributed by atoms with E-state index in [0.717, 1.165) is 49.7 Å². The lowest BCUT2D eigenvalue weighted by molar-refractivity contribution is -0.140. The molecule has 1 fully saturated rings. The Balaban J connectivity index is 1.86. The first-order valence-corrected chi connectivity index (χ1v) is 18.1. The van der Waals surface area contributed by atoms with E-state index < -0.39 is 26.5 Å². The van der Waals surface area contributed by atoms with E-state index in [0.29, 0.717) is 11.3 Å². The van der Waals surface area contributed by atoms with Gasteiger partial charge < -0.3 is 24.9 Å². The summed E-state index contributed by atoms with van der Waals surface area (Å²) in [5, 5.41) is 16.9. The molecule has 1 aromatic carbocycles. The monoisotopic (exact) mass is 584 g/mol. The van der Waals surface area contributed by atoms with Crippen molar-refractivity contribution >= 4 is 20.3 Å². The number of carbonyl (C=O) groups excluding carboxylic acids is 2. The minimum Gasteiger partial charge on any atom is -0.507 e. The third-order valence-electron chi connectivity index (χ3n) is 9.19. The maximum atomic E-state index is 13.3. The average Bonchev–Trinajstić information content (AvgIpc) is 2.82. The Bertz CT molecular complexity index is 1170. The first-order valence-electron chi connectivity index (χ1n) is 15.2. The lowest BCUT2D eigenvalue weighted by Gasteiger charge is -2.45. The van der Waals surface area contributed by atoms with Crippen LogP contribution in [-0.4, -0.2) is 37.7 Å². The molecule has 228 valence electrons. The molecule has 1 unspecified atom stereocenters. The van der Waals surface area contributed by atoms with Crippen LogP contribution in [0.2, 0.25) is 18.1 Å². The number of unbranched alkanes of at least 4 members (excludes halogenated alkanes) is 2. The summed E-state index contributed by atoms with van der Waals surface area (Å²) in [6.07, 6.45) is 6.38. The maximum Gasteiger partial charge on any atom is 0.414 e. The molecule has 1 aliphatic carbocycles. The molecular weight excluding hydrogens is 532 g/mol. The standard InChI is InChI=1S/C33H52N2O5Si/c1-11-12-13-14-23-18-26(36)29(25-17-21(4)15-16-24(25)20(2)3)27(19-23)39-32(38)35-30-28(31(37)34-30)22(5)40-41(9,10)33(6,7)8/h17-19,22,24-25,28,30,36H,2,11-16H2,1,3-10H3,(H,34,37)(H,35,38)/t22-,24+,25-,28-,30?/m1/s1. The first-order chi connectivity index (χ1) is 19.1. The topological polar surface area (TPSA) is 96.9 Å². The SMILES string of the molecule is C=C(C)[C@@H]1CCC(C)=C[C@H]1c1c(O)cc(CCCCC)cc1OC(=O)NC1NC(=O)[C@@H]1[C@@H](C)O[Si](C)(C)C(C)(C)C. The van der Waals surface area contributed by atoms with Crippen molar-refractivity contribution < 1.29 is 23.9 Å². The fourth-order valence-electron chi connectivity index (χ4n) is 5.69. The molecule has 1 aliphatic heterocycles. The zero-order chi connectivity index (χ0) is 30.7. The van der Waals surface area contributed by atoms with E-state index in [-0.39, 0.29) is 34.6 Å². The van der Waals surface area contributed by atoms with Crippen LogP contribution in [0.4, 0.5) is 4.79 Å². The van der Waals surface area contributed by atoms with E-state index in [1.165, 1.54) is 5.57 Å². The Labute approximate surface area is 248 Å². The Kier molecular flexibility index (Phi) is 10.6. The minimum atomic E-state index is -2.11. The molecule has 2 aliphatic rings. The van der Waals surface area contributed by atoms with Gasteiger partial charge in [-0.3, -0.25) is 4.79 Å². The molecule has 3 rings (SSSR count). The van der Waals surface area contributed by atoms with Crippen LogP contribution in [0.5, 0.6) is 11.5 Å². The van der Waals surface area contributed by atoms with Crippen LogP contribution in [0.1, 0.15) is 97.6 Å². The number of phenolic OH excluding ortho intramolecular Hbond substituents is 1. The van der Waals surface area contributed by atoms with Gasteiger partial charge in [0, 0.05) is 11.5 Å². The third kappa shape index (κ3) is 7.83. The largest absolute Gasteiger partial charge is 0.507 e. The van der Waals surface area contributed by atoms with Gasteiger partial charge in [-0.2, -0.15) is 0 Å². The van der Waals surface area contributed by atoms with Crippen LogP contribution in [-0.2, 0) is 15.6 Å². The number of aromatic hydroxyl groups is 1. The number of aryl methyl sites for hydroxylation is 1. The van der Waals surface area contributed by atoms with E-state index in [1.807, 2.05) is 26.0 Å². The number of hydrogen-bond acceptors (Lipinski definition) is 5. The van der Waals surface area contributed by atoms with Gasteiger partial charge in [-0.05, 0) is 88.2 Å². The Hall–Kier alpha value is -2.58. The van der Waals surface area contributed by atoms with E-state index in [9.17, 15) is 14.7 Å². The second kappa shape index (κ2) is 13.2. The van der Waals surface area contributed by atoms with Gasteiger partial charge in [-0.25, -0.2) is 4.79 Å². The van der Waals surface area contributed by atoms with Crippen LogP contribution in [0.25, 0.3) is 0 Å². The molecule has 8 heteroatoms. The first kappa shape index (κ1) is 32.9. The van der Waals surface area contributed by atoms with Crippen molar-refractivity contribution in [2.45, 2.75) is 123 Å².